The summed E-state index contributed by atoms with van der Waals surface area (Å²) in [6, 6.07) is 21.3. The summed E-state index contributed by atoms with van der Waals surface area (Å²) in [5.74, 6) is 1.79. The third kappa shape index (κ3) is 6.98. The molecule has 37 heavy (non-hydrogen) atoms. The number of nitrogens with zero attached hydrogens (tertiary/aromatic N) is 1. The normalized spacial score (nSPS) is 10.6. The van der Waals surface area contributed by atoms with Crippen molar-refractivity contribution >= 4 is 23.2 Å². The summed E-state index contributed by atoms with van der Waals surface area (Å²) in [4.78, 5) is 25.0. The van der Waals surface area contributed by atoms with Crippen molar-refractivity contribution in [3.05, 3.63) is 101 Å². The van der Waals surface area contributed by atoms with Crippen molar-refractivity contribution in [2.75, 3.05) is 17.2 Å². The van der Waals surface area contributed by atoms with Crippen LogP contribution in [0.25, 0.3) is 0 Å². The maximum Gasteiger partial charge on any atom is 0.255 e. The number of hydrogen-bond acceptors (Lipinski definition) is 6. The summed E-state index contributed by atoms with van der Waals surface area (Å²) in [6.07, 6.45) is 0.212. The smallest absolute Gasteiger partial charge is 0.255 e. The average molecular weight is 500 g/mol. The molecule has 4 rings (SSSR count). The minimum Gasteiger partial charge on any atom is -0.494 e. The number of aromatic nitrogens is 1. The Labute approximate surface area is 215 Å². The molecule has 2 amide bonds. The van der Waals surface area contributed by atoms with Crippen LogP contribution in [0.5, 0.6) is 11.5 Å². The highest BCUT2D eigenvalue weighted by Gasteiger charge is 2.11. The largest absolute Gasteiger partial charge is 0.494 e. The summed E-state index contributed by atoms with van der Waals surface area (Å²) < 4.78 is 16.4. The summed E-state index contributed by atoms with van der Waals surface area (Å²) in [6.45, 7) is 6.60. The molecule has 4 aromatic rings. The third-order valence-electron chi connectivity index (χ3n) is 5.71. The number of rotatable bonds is 10. The first-order chi connectivity index (χ1) is 17.9. The molecule has 190 valence electrons. The van der Waals surface area contributed by atoms with Crippen LogP contribution in [0.2, 0.25) is 0 Å². The van der Waals surface area contributed by atoms with Gasteiger partial charge < -0.3 is 24.6 Å². The van der Waals surface area contributed by atoms with Crippen LogP contribution in [0.15, 0.2) is 77.3 Å². The number of anilines is 2. The van der Waals surface area contributed by atoms with E-state index in [9.17, 15) is 9.59 Å². The molecule has 0 saturated carbocycles. The second-order valence-electron chi connectivity index (χ2n) is 8.45. The molecule has 8 nitrogen and oxygen atoms in total. The average Bonchev–Trinajstić information content (AvgIpc) is 3.22. The first-order valence-electron chi connectivity index (χ1n) is 12.0. The van der Waals surface area contributed by atoms with Gasteiger partial charge in [-0.15, -0.1) is 0 Å². The number of hydrogen-bond donors (Lipinski definition) is 2. The molecular formula is C29H29N3O5. The van der Waals surface area contributed by atoms with Gasteiger partial charge in [0, 0.05) is 16.9 Å². The van der Waals surface area contributed by atoms with E-state index >= 15 is 0 Å². The van der Waals surface area contributed by atoms with Crippen molar-refractivity contribution in [1.82, 2.24) is 5.16 Å². The molecule has 0 fully saturated rings. The van der Waals surface area contributed by atoms with E-state index < -0.39 is 0 Å². The molecule has 0 atom stereocenters. The number of amides is 2. The maximum absolute atomic E-state index is 12.5. The highest BCUT2D eigenvalue weighted by molar-refractivity contribution is 6.04. The van der Waals surface area contributed by atoms with Crippen LogP contribution in [0, 0.1) is 13.8 Å². The molecule has 2 N–H and O–H groups in total. The van der Waals surface area contributed by atoms with Crippen LogP contribution < -0.4 is 20.1 Å². The molecule has 0 saturated heterocycles. The van der Waals surface area contributed by atoms with E-state index in [0.29, 0.717) is 35.9 Å². The lowest BCUT2D eigenvalue weighted by Crippen LogP contribution is -2.15. The second-order valence-corrected chi connectivity index (χ2v) is 8.45. The van der Waals surface area contributed by atoms with E-state index in [2.05, 4.69) is 15.8 Å². The number of carbonyl (C=O) groups is 2. The molecule has 0 aliphatic carbocycles. The SMILES string of the molecule is CCOc1ccc(NC(=O)c2ccc(NC(=O)Cc3ccc(OCc4c(C)noc4C)cc3)cc2)cc1. The quantitative estimate of drug-likeness (QED) is 0.290. The summed E-state index contributed by atoms with van der Waals surface area (Å²) in [5, 5.41) is 9.63. The Morgan fingerprint density at radius 1 is 0.811 bits per heavy atom. The van der Waals surface area contributed by atoms with Crippen molar-refractivity contribution in [3.8, 4) is 11.5 Å². The van der Waals surface area contributed by atoms with Crippen LogP contribution in [-0.4, -0.2) is 23.6 Å². The van der Waals surface area contributed by atoms with Crippen molar-refractivity contribution in [2.45, 2.75) is 33.8 Å². The summed E-state index contributed by atoms with van der Waals surface area (Å²) in [7, 11) is 0. The molecule has 8 heteroatoms. The lowest BCUT2D eigenvalue weighted by atomic mass is 10.1. The van der Waals surface area contributed by atoms with Crippen LogP contribution in [0.3, 0.4) is 0 Å². The number of ether oxygens (including phenoxy) is 2. The number of benzene rings is 3. The predicted octanol–water partition coefficient (Wildman–Crippen LogP) is 5.70. The Morgan fingerprint density at radius 3 is 2.03 bits per heavy atom. The molecular weight excluding hydrogens is 470 g/mol. The van der Waals surface area contributed by atoms with Gasteiger partial charge in [0.05, 0.1) is 24.3 Å². The Balaban J connectivity index is 1.26. The standard InChI is InChI=1S/C29H29N3O5/c1-4-35-25-15-11-24(12-16-25)31-29(34)22-7-9-23(10-8-22)30-28(33)17-21-5-13-26(14-6-21)36-18-27-19(2)32-37-20(27)3/h5-16H,4,17-18H2,1-3H3,(H,30,33)(H,31,34). The maximum atomic E-state index is 12.5. The zero-order valence-corrected chi connectivity index (χ0v) is 21.0. The highest BCUT2D eigenvalue weighted by Crippen LogP contribution is 2.19. The fourth-order valence-corrected chi connectivity index (χ4v) is 3.67. The summed E-state index contributed by atoms with van der Waals surface area (Å²) in [5.41, 5.74) is 4.37. The lowest BCUT2D eigenvalue weighted by molar-refractivity contribution is -0.115. The lowest BCUT2D eigenvalue weighted by Gasteiger charge is -2.09. The van der Waals surface area contributed by atoms with E-state index in [1.165, 1.54) is 0 Å². The molecule has 0 spiro atoms. The van der Waals surface area contributed by atoms with Gasteiger partial charge >= 0.3 is 0 Å². The molecule has 1 heterocycles. The third-order valence-corrected chi connectivity index (χ3v) is 5.71. The van der Waals surface area contributed by atoms with E-state index in [1.807, 2.05) is 45.0 Å². The Hall–Kier alpha value is -4.59. The predicted molar refractivity (Wildman–Crippen MR) is 141 cm³/mol. The second kappa shape index (κ2) is 11.9. The van der Waals surface area contributed by atoms with Crippen molar-refractivity contribution in [2.24, 2.45) is 0 Å². The zero-order valence-electron chi connectivity index (χ0n) is 21.0. The van der Waals surface area contributed by atoms with Crippen LogP contribution in [-0.2, 0) is 17.8 Å². The molecule has 0 aliphatic rings. The minimum absolute atomic E-state index is 0.157. The van der Waals surface area contributed by atoms with Gasteiger partial charge in [-0.3, -0.25) is 9.59 Å². The summed E-state index contributed by atoms with van der Waals surface area (Å²) >= 11 is 0. The van der Waals surface area contributed by atoms with Gasteiger partial charge in [-0.25, -0.2) is 0 Å². The molecule has 0 radical (unpaired) electrons. The van der Waals surface area contributed by atoms with Crippen LogP contribution >= 0.6 is 0 Å². The highest BCUT2D eigenvalue weighted by atomic mass is 16.5. The van der Waals surface area contributed by atoms with E-state index in [-0.39, 0.29) is 18.2 Å². The van der Waals surface area contributed by atoms with Crippen LogP contribution in [0.1, 0.15) is 39.9 Å². The van der Waals surface area contributed by atoms with Gasteiger partial charge in [0.1, 0.15) is 23.9 Å². The first-order valence-corrected chi connectivity index (χ1v) is 12.0. The Bertz CT molecular complexity index is 1320. The zero-order chi connectivity index (χ0) is 26.2. The molecule has 0 bridgehead atoms. The van der Waals surface area contributed by atoms with Crippen molar-refractivity contribution < 1.29 is 23.6 Å². The Kier molecular flexibility index (Phi) is 8.20. The van der Waals surface area contributed by atoms with Gasteiger partial charge in [0.2, 0.25) is 5.91 Å². The van der Waals surface area contributed by atoms with Gasteiger partial charge in [0.25, 0.3) is 5.91 Å². The molecule has 1 aromatic heterocycles. The molecule has 0 aliphatic heterocycles. The van der Waals surface area contributed by atoms with Gasteiger partial charge in [-0.1, -0.05) is 17.3 Å². The number of nitrogens with one attached hydrogen (secondary N) is 2. The first kappa shape index (κ1) is 25.5. The van der Waals surface area contributed by atoms with Gasteiger partial charge in [-0.2, -0.15) is 0 Å². The monoisotopic (exact) mass is 499 g/mol. The van der Waals surface area contributed by atoms with E-state index in [4.69, 9.17) is 14.0 Å². The fraction of sp³-hybridized carbons (Fsp3) is 0.207. The van der Waals surface area contributed by atoms with Crippen molar-refractivity contribution in [1.29, 1.82) is 0 Å². The van der Waals surface area contributed by atoms with E-state index in [0.717, 1.165) is 28.3 Å². The number of carbonyl (C=O) groups excluding carboxylic acids is 2. The van der Waals surface area contributed by atoms with E-state index in [1.54, 1.807) is 48.5 Å². The minimum atomic E-state index is -0.237. The van der Waals surface area contributed by atoms with Gasteiger partial charge in [-0.05, 0) is 87.0 Å². The van der Waals surface area contributed by atoms with Crippen molar-refractivity contribution in [3.63, 3.8) is 0 Å². The fourth-order valence-electron chi connectivity index (χ4n) is 3.67. The van der Waals surface area contributed by atoms with Crippen LogP contribution in [0.4, 0.5) is 11.4 Å². The molecule has 0 unspecified atom stereocenters. The topological polar surface area (TPSA) is 103 Å². The number of aryl methyl sites for hydroxylation is 2. The van der Waals surface area contributed by atoms with Gasteiger partial charge in [0.15, 0.2) is 0 Å². The Morgan fingerprint density at radius 2 is 1.41 bits per heavy atom. The molecule has 3 aromatic carbocycles.